The Bertz CT molecular complexity index is 823. The number of benzene rings is 2. The molecule has 3 rings (SSSR count). The molecule has 144 valence electrons. The van der Waals surface area contributed by atoms with Crippen LogP contribution in [0.5, 0.6) is 0 Å². The highest BCUT2D eigenvalue weighted by molar-refractivity contribution is 6.05. The molecular weight excluding hydrogens is 369 g/mol. The molecule has 5 nitrogen and oxygen atoms in total. The molecule has 2 aromatic rings. The lowest BCUT2D eigenvalue weighted by atomic mass is 9.88. The summed E-state index contributed by atoms with van der Waals surface area (Å²) in [4.78, 5) is 24.6. The second kappa shape index (κ2) is 9.37. The van der Waals surface area contributed by atoms with Crippen molar-refractivity contribution in [3.8, 4) is 0 Å². The fourth-order valence-electron chi connectivity index (χ4n) is 3.18. The Labute approximate surface area is 163 Å². The van der Waals surface area contributed by atoms with Gasteiger partial charge in [-0.05, 0) is 49.2 Å². The normalized spacial score (nSPS) is 14.1. The molecule has 0 bridgehead atoms. The number of carbonyl (C=O) groups is 2. The van der Waals surface area contributed by atoms with Crippen molar-refractivity contribution < 1.29 is 14.0 Å². The van der Waals surface area contributed by atoms with Crippen molar-refractivity contribution in [3.05, 3.63) is 53.8 Å². The molecule has 27 heavy (non-hydrogen) atoms. The van der Waals surface area contributed by atoms with Crippen LogP contribution in [-0.4, -0.2) is 11.8 Å². The summed E-state index contributed by atoms with van der Waals surface area (Å²) in [7, 11) is 0. The molecule has 0 saturated heterocycles. The van der Waals surface area contributed by atoms with E-state index in [2.05, 4.69) is 10.6 Å². The van der Waals surface area contributed by atoms with Gasteiger partial charge in [0.05, 0.1) is 5.69 Å². The van der Waals surface area contributed by atoms with Gasteiger partial charge in [0.25, 0.3) is 5.91 Å². The van der Waals surface area contributed by atoms with Crippen LogP contribution in [0.1, 0.15) is 42.5 Å². The molecule has 1 aliphatic rings. The number of nitrogens with one attached hydrogen (secondary N) is 2. The molecular formula is C20H23ClFN3O2. The minimum Gasteiger partial charge on any atom is -0.399 e. The average Bonchev–Trinajstić information content (AvgIpc) is 2.65. The standard InChI is InChI=1S/C20H22FN3O2.ClH/c21-17-10-9-16(23-20(26)14-7-4-8-15(22)11-14)12-18(17)24-19(25)13-5-2-1-3-6-13;/h4,7-13H,1-3,5-6,22H2,(H,23,26)(H,24,25);1H. The number of nitrogen functional groups attached to an aromatic ring is 1. The molecule has 0 spiro atoms. The fraction of sp³-hybridized carbons (Fsp3) is 0.300. The summed E-state index contributed by atoms with van der Waals surface area (Å²) in [5, 5.41) is 5.35. The van der Waals surface area contributed by atoms with E-state index in [0.717, 1.165) is 32.1 Å². The molecule has 1 aliphatic carbocycles. The van der Waals surface area contributed by atoms with Crippen molar-refractivity contribution in [1.82, 2.24) is 0 Å². The van der Waals surface area contributed by atoms with Gasteiger partial charge in [-0.25, -0.2) is 4.39 Å². The van der Waals surface area contributed by atoms with Crippen molar-refractivity contribution in [2.24, 2.45) is 5.92 Å². The van der Waals surface area contributed by atoms with Crippen LogP contribution in [0.4, 0.5) is 21.5 Å². The van der Waals surface area contributed by atoms with E-state index in [-0.39, 0.29) is 35.8 Å². The molecule has 0 unspecified atom stereocenters. The second-order valence-electron chi connectivity index (χ2n) is 6.60. The number of hydrogen-bond acceptors (Lipinski definition) is 3. The van der Waals surface area contributed by atoms with Crippen molar-refractivity contribution in [3.63, 3.8) is 0 Å². The Morgan fingerprint density at radius 1 is 1.00 bits per heavy atom. The first-order valence-corrected chi connectivity index (χ1v) is 8.80. The molecule has 0 aliphatic heterocycles. The van der Waals surface area contributed by atoms with E-state index in [4.69, 9.17) is 5.73 Å². The maximum atomic E-state index is 14.1. The van der Waals surface area contributed by atoms with E-state index < -0.39 is 5.82 Å². The molecule has 2 aromatic carbocycles. The summed E-state index contributed by atoms with van der Waals surface area (Å²) in [6.07, 6.45) is 4.86. The predicted octanol–water partition coefficient (Wildman–Crippen LogP) is 4.60. The average molecular weight is 392 g/mol. The molecule has 2 amide bonds. The van der Waals surface area contributed by atoms with Crippen LogP contribution in [0, 0.1) is 11.7 Å². The zero-order valence-corrected chi connectivity index (χ0v) is 15.7. The highest BCUT2D eigenvalue weighted by atomic mass is 35.5. The Morgan fingerprint density at radius 2 is 1.74 bits per heavy atom. The van der Waals surface area contributed by atoms with Crippen molar-refractivity contribution in [2.75, 3.05) is 16.4 Å². The lowest BCUT2D eigenvalue weighted by Crippen LogP contribution is -2.25. The third-order valence-electron chi connectivity index (χ3n) is 4.61. The van der Waals surface area contributed by atoms with Crippen LogP contribution in [0.3, 0.4) is 0 Å². The molecule has 1 fully saturated rings. The van der Waals surface area contributed by atoms with Crippen LogP contribution < -0.4 is 16.4 Å². The van der Waals surface area contributed by atoms with Crippen LogP contribution in [0.2, 0.25) is 0 Å². The number of amides is 2. The summed E-state index contributed by atoms with van der Waals surface area (Å²) < 4.78 is 14.1. The highest BCUT2D eigenvalue weighted by Crippen LogP contribution is 2.26. The minimum absolute atomic E-state index is 0. The van der Waals surface area contributed by atoms with Gasteiger partial charge in [0.1, 0.15) is 5.82 Å². The zero-order chi connectivity index (χ0) is 18.5. The van der Waals surface area contributed by atoms with Gasteiger partial charge in [-0.2, -0.15) is 0 Å². The predicted molar refractivity (Wildman–Crippen MR) is 108 cm³/mol. The molecule has 0 heterocycles. The van der Waals surface area contributed by atoms with Gasteiger partial charge in [0.2, 0.25) is 5.91 Å². The van der Waals surface area contributed by atoms with Crippen LogP contribution in [-0.2, 0) is 4.79 Å². The lowest BCUT2D eigenvalue weighted by Gasteiger charge is -2.21. The van der Waals surface area contributed by atoms with E-state index in [1.165, 1.54) is 18.2 Å². The number of carbonyl (C=O) groups excluding carboxylic acids is 2. The molecule has 1 saturated carbocycles. The van der Waals surface area contributed by atoms with Gasteiger partial charge in [0.15, 0.2) is 0 Å². The Balaban J connectivity index is 0.00000261. The monoisotopic (exact) mass is 391 g/mol. The van der Waals surface area contributed by atoms with E-state index in [1.54, 1.807) is 24.3 Å². The van der Waals surface area contributed by atoms with Crippen LogP contribution in [0.25, 0.3) is 0 Å². The Morgan fingerprint density at radius 3 is 2.44 bits per heavy atom. The number of hydrogen-bond donors (Lipinski definition) is 3. The summed E-state index contributed by atoms with van der Waals surface area (Å²) in [5.41, 5.74) is 7.05. The number of nitrogens with two attached hydrogens (primary N) is 1. The largest absolute Gasteiger partial charge is 0.399 e. The molecule has 7 heteroatoms. The van der Waals surface area contributed by atoms with E-state index >= 15 is 0 Å². The van der Waals surface area contributed by atoms with Crippen molar-refractivity contribution >= 4 is 41.3 Å². The zero-order valence-electron chi connectivity index (χ0n) is 14.8. The van der Waals surface area contributed by atoms with Gasteiger partial charge < -0.3 is 16.4 Å². The molecule has 4 N–H and O–H groups in total. The third kappa shape index (κ3) is 5.44. The van der Waals surface area contributed by atoms with Crippen molar-refractivity contribution in [1.29, 1.82) is 0 Å². The van der Waals surface area contributed by atoms with Gasteiger partial charge in [-0.3, -0.25) is 9.59 Å². The maximum Gasteiger partial charge on any atom is 0.255 e. The summed E-state index contributed by atoms with van der Waals surface area (Å²) in [6.45, 7) is 0. The summed E-state index contributed by atoms with van der Waals surface area (Å²) in [5.74, 6) is -1.12. The number of halogens is 2. The SMILES string of the molecule is Cl.Nc1cccc(C(=O)Nc2ccc(F)c(NC(=O)C3CCCCC3)c2)c1. The smallest absolute Gasteiger partial charge is 0.255 e. The lowest BCUT2D eigenvalue weighted by molar-refractivity contribution is -0.120. The van der Waals surface area contributed by atoms with Crippen molar-refractivity contribution in [2.45, 2.75) is 32.1 Å². The van der Waals surface area contributed by atoms with E-state index in [0.29, 0.717) is 16.9 Å². The highest BCUT2D eigenvalue weighted by Gasteiger charge is 2.22. The molecule has 0 atom stereocenters. The van der Waals surface area contributed by atoms with Gasteiger partial charge in [-0.1, -0.05) is 25.3 Å². The first-order valence-electron chi connectivity index (χ1n) is 8.80. The summed E-state index contributed by atoms with van der Waals surface area (Å²) in [6, 6.07) is 10.7. The Kier molecular flexibility index (Phi) is 7.19. The first kappa shape index (κ1) is 20.7. The molecule has 0 aromatic heterocycles. The third-order valence-corrected chi connectivity index (χ3v) is 4.61. The van der Waals surface area contributed by atoms with Crippen LogP contribution >= 0.6 is 12.4 Å². The van der Waals surface area contributed by atoms with Gasteiger partial charge in [0, 0.05) is 22.9 Å². The number of rotatable bonds is 4. The van der Waals surface area contributed by atoms with E-state index in [9.17, 15) is 14.0 Å². The van der Waals surface area contributed by atoms with Gasteiger partial charge >= 0.3 is 0 Å². The number of anilines is 3. The second-order valence-corrected chi connectivity index (χ2v) is 6.60. The van der Waals surface area contributed by atoms with Crippen LogP contribution in [0.15, 0.2) is 42.5 Å². The quantitative estimate of drug-likeness (QED) is 0.666. The summed E-state index contributed by atoms with van der Waals surface area (Å²) >= 11 is 0. The first-order chi connectivity index (χ1) is 12.5. The minimum atomic E-state index is -0.531. The Hall–Kier alpha value is -2.60. The fourth-order valence-corrected chi connectivity index (χ4v) is 3.18. The van der Waals surface area contributed by atoms with Gasteiger partial charge in [-0.15, -0.1) is 12.4 Å². The topological polar surface area (TPSA) is 84.2 Å². The maximum absolute atomic E-state index is 14.1. The molecule has 0 radical (unpaired) electrons. The van der Waals surface area contributed by atoms with E-state index in [1.807, 2.05) is 0 Å².